The molecule has 0 bridgehead atoms. The SMILES string of the molecule is OC(CCl)CNc1cc(F)ccc1-n1cccn1. The maximum atomic E-state index is 13.2. The van der Waals surface area contributed by atoms with Gasteiger partial charge in [0.15, 0.2) is 0 Å². The number of rotatable bonds is 5. The summed E-state index contributed by atoms with van der Waals surface area (Å²) in [7, 11) is 0. The number of nitrogens with zero attached hydrogens (tertiary/aromatic N) is 2. The van der Waals surface area contributed by atoms with Gasteiger partial charge in [-0.3, -0.25) is 0 Å². The van der Waals surface area contributed by atoms with E-state index in [1.54, 1.807) is 29.2 Å². The van der Waals surface area contributed by atoms with Crippen molar-refractivity contribution in [2.24, 2.45) is 0 Å². The summed E-state index contributed by atoms with van der Waals surface area (Å²) in [5, 5.41) is 16.4. The molecule has 6 heteroatoms. The minimum atomic E-state index is -0.680. The molecule has 0 fully saturated rings. The van der Waals surface area contributed by atoms with Crippen molar-refractivity contribution in [3.05, 3.63) is 42.5 Å². The van der Waals surface area contributed by atoms with Crippen molar-refractivity contribution < 1.29 is 9.50 Å². The topological polar surface area (TPSA) is 50.1 Å². The maximum absolute atomic E-state index is 13.2. The molecule has 0 saturated heterocycles. The van der Waals surface area contributed by atoms with E-state index in [4.69, 9.17) is 11.6 Å². The Bertz CT molecular complexity index is 504. The third kappa shape index (κ3) is 3.00. The van der Waals surface area contributed by atoms with Crippen LogP contribution in [0.1, 0.15) is 0 Å². The van der Waals surface area contributed by atoms with Gasteiger partial charge in [-0.2, -0.15) is 5.10 Å². The summed E-state index contributed by atoms with van der Waals surface area (Å²) in [4.78, 5) is 0. The van der Waals surface area contributed by atoms with E-state index in [2.05, 4.69) is 10.4 Å². The van der Waals surface area contributed by atoms with E-state index in [0.29, 0.717) is 11.4 Å². The van der Waals surface area contributed by atoms with Crippen LogP contribution in [0.4, 0.5) is 10.1 Å². The summed E-state index contributed by atoms with van der Waals surface area (Å²) in [6.07, 6.45) is 2.72. The highest BCUT2D eigenvalue weighted by Gasteiger charge is 2.08. The molecule has 18 heavy (non-hydrogen) atoms. The van der Waals surface area contributed by atoms with Crippen LogP contribution in [0.25, 0.3) is 5.69 Å². The molecule has 0 saturated carbocycles. The fraction of sp³-hybridized carbons (Fsp3) is 0.250. The van der Waals surface area contributed by atoms with Crippen molar-refractivity contribution in [1.29, 1.82) is 0 Å². The Hall–Kier alpha value is -1.59. The minimum Gasteiger partial charge on any atom is -0.390 e. The van der Waals surface area contributed by atoms with Gasteiger partial charge in [0.25, 0.3) is 0 Å². The summed E-state index contributed by atoms with van der Waals surface area (Å²) >= 11 is 5.51. The van der Waals surface area contributed by atoms with Gasteiger partial charge >= 0.3 is 0 Å². The smallest absolute Gasteiger partial charge is 0.125 e. The van der Waals surface area contributed by atoms with E-state index >= 15 is 0 Å². The molecule has 0 aliphatic rings. The molecular formula is C12H13ClFN3O. The third-order valence-corrected chi connectivity index (χ3v) is 2.77. The van der Waals surface area contributed by atoms with Crippen LogP contribution < -0.4 is 5.32 Å². The van der Waals surface area contributed by atoms with Gasteiger partial charge < -0.3 is 10.4 Å². The number of hydrogen-bond acceptors (Lipinski definition) is 3. The van der Waals surface area contributed by atoms with E-state index in [0.717, 1.165) is 0 Å². The Morgan fingerprint density at radius 3 is 3.00 bits per heavy atom. The number of hydrogen-bond donors (Lipinski definition) is 2. The monoisotopic (exact) mass is 269 g/mol. The lowest BCUT2D eigenvalue weighted by molar-refractivity contribution is 0.211. The van der Waals surface area contributed by atoms with Crippen LogP contribution in [-0.2, 0) is 0 Å². The van der Waals surface area contributed by atoms with E-state index in [1.807, 2.05) is 0 Å². The van der Waals surface area contributed by atoms with Crippen LogP contribution in [-0.4, -0.2) is 33.4 Å². The molecule has 2 rings (SSSR count). The van der Waals surface area contributed by atoms with Crippen molar-refractivity contribution in [2.45, 2.75) is 6.10 Å². The Balaban J connectivity index is 2.24. The first-order valence-corrected chi connectivity index (χ1v) is 6.01. The predicted molar refractivity (Wildman–Crippen MR) is 68.7 cm³/mol. The molecule has 0 spiro atoms. The lowest BCUT2D eigenvalue weighted by atomic mass is 10.2. The number of aliphatic hydroxyl groups excluding tert-OH is 1. The second kappa shape index (κ2) is 5.84. The Morgan fingerprint density at radius 2 is 2.33 bits per heavy atom. The van der Waals surface area contributed by atoms with Crippen molar-refractivity contribution in [3.8, 4) is 5.69 Å². The average Bonchev–Trinajstić information content (AvgIpc) is 2.89. The second-order valence-corrected chi connectivity index (χ2v) is 4.11. The lowest BCUT2D eigenvalue weighted by Crippen LogP contribution is -2.21. The van der Waals surface area contributed by atoms with Gasteiger partial charge in [-0.25, -0.2) is 9.07 Å². The number of benzene rings is 1. The van der Waals surface area contributed by atoms with E-state index in [-0.39, 0.29) is 18.2 Å². The molecule has 0 aliphatic heterocycles. The van der Waals surface area contributed by atoms with Gasteiger partial charge in [0.05, 0.1) is 23.4 Å². The molecule has 96 valence electrons. The van der Waals surface area contributed by atoms with Crippen LogP contribution in [0, 0.1) is 5.82 Å². The number of aliphatic hydroxyl groups is 1. The summed E-state index contributed by atoms with van der Waals surface area (Å²) in [5.41, 5.74) is 1.27. The fourth-order valence-corrected chi connectivity index (χ4v) is 1.65. The van der Waals surface area contributed by atoms with Crippen LogP contribution in [0.2, 0.25) is 0 Å². The van der Waals surface area contributed by atoms with Gasteiger partial charge in [-0.05, 0) is 24.3 Å². The van der Waals surface area contributed by atoms with Gasteiger partial charge in [0, 0.05) is 18.9 Å². The quantitative estimate of drug-likeness (QED) is 0.817. The van der Waals surface area contributed by atoms with Crippen molar-refractivity contribution >= 4 is 17.3 Å². The van der Waals surface area contributed by atoms with Gasteiger partial charge in [0.2, 0.25) is 0 Å². The van der Waals surface area contributed by atoms with Crippen LogP contribution in [0.5, 0.6) is 0 Å². The molecule has 2 N–H and O–H groups in total. The predicted octanol–water partition coefficient (Wildman–Crippen LogP) is 2.02. The number of alkyl halides is 1. The van der Waals surface area contributed by atoms with Crippen LogP contribution in [0.3, 0.4) is 0 Å². The third-order valence-electron chi connectivity index (χ3n) is 2.42. The molecule has 1 aromatic heterocycles. The van der Waals surface area contributed by atoms with Crippen LogP contribution >= 0.6 is 11.6 Å². The molecule has 0 radical (unpaired) electrons. The summed E-state index contributed by atoms with van der Waals surface area (Å²) in [6.45, 7) is 0.251. The summed E-state index contributed by atoms with van der Waals surface area (Å²) in [5.74, 6) is -0.229. The zero-order valence-electron chi connectivity index (χ0n) is 9.55. The van der Waals surface area contributed by atoms with Crippen LogP contribution in [0.15, 0.2) is 36.7 Å². The molecule has 1 unspecified atom stereocenters. The molecule has 2 aromatic rings. The standard InChI is InChI=1S/C12H13ClFN3O/c13-7-10(18)8-15-11-6-9(14)2-3-12(11)17-5-1-4-16-17/h1-6,10,15,18H,7-8H2. The van der Waals surface area contributed by atoms with Gasteiger partial charge in [-0.1, -0.05) is 0 Å². The number of aromatic nitrogens is 2. The molecule has 1 atom stereocenters. The minimum absolute atomic E-state index is 0.124. The van der Waals surface area contributed by atoms with Crippen molar-refractivity contribution in [2.75, 3.05) is 17.7 Å². The zero-order valence-corrected chi connectivity index (χ0v) is 10.3. The Labute approximate surface area is 109 Å². The Morgan fingerprint density at radius 1 is 1.50 bits per heavy atom. The van der Waals surface area contributed by atoms with E-state index in [1.165, 1.54) is 12.1 Å². The molecule has 1 aromatic carbocycles. The first-order chi connectivity index (χ1) is 8.70. The number of anilines is 1. The largest absolute Gasteiger partial charge is 0.390 e. The highest BCUT2D eigenvalue weighted by atomic mass is 35.5. The van der Waals surface area contributed by atoms with Crippen molar-refractivity contribution in [3.63, 3.8) is 0 Å². The molecule has 4 nitrogen and oxygen atoms in total. The number of halogens is 2. The number of nitrogens with one attached hydrogen (secondary N) is 1. The normalized spacial score (nSPS) is 12.4. The molecule has 1 heterocycles. The van der Waals surface area contributed by atoms with Crippen molar-refractivity contribution in [1.82, 2.24) is 9.78 Å². The molecule has 0 amide bonds. The maximum Gasteiger partial charge on any atom is 0.125 e. The fourth-order valence-electron chi connectivity index (χ4n) is 1.54. The second-order valence-electron chi connectivity index (χ2n) is 3.80. The first-order valence-electron chi connectivity index (χ1n) is 5.48. The summed E-state index contributed by atoms with van der Waals surface area (Å²) < 4.78 is 14.9. The molecular weight excluding hydrogens is 257 g/mol. The highest BCUT2D eigenvalue weighted by Crippen LogP contribution is 2.20. The zero-order chi connectivity index (χ0) is 13.0. The highest BCUT2D eigenvalue weighted by molar-refractivity contribution is 6.18. The summed E-state index contributed by atoms with van der Waals surface area (Å²) in [6, 6.07) is 6.12. The van der Waals surface area contributed by atoms with Gasteiger partial charge in [0.1, 0.15) is 5.82 Å². The van der Waals surface area contributed by atoms with E-state index < -0.39 is 6.10 Å². The molecule has 0 aliphatic carbocycles. The van der Waals surface area contributed by atoms with E-state index in [9.17, 15) is 9.50 Å². The Kier molecular flexibility index (Phi) is 4.17. The lowest BCUT2D eigenvalue weighted by Gasteiger charge is -2.14. The first kappa shape index (κ1) is 12.9. The average molecular weight is 270 g/mol. The van der Waals surface area contributed by atoms with Gasteiger partial charge in [-0.15, -0.1) is 11.6 Å².